The van der Waals surface area contributed by atoms with Crippen LogP contribution in [0.4, 0.5) is 10.3 Å². The zero-order chi connectivity index (χ0) is 16.1. The van der Waals surface area contributed by atoms with Gasteiger partial charge in [0, 0.05) is 36.6 Å². The van der Waals surface area contributed by atoms with Gasteiger partial charge in [-0.2, -0.15) is 4.52 Å². The van der Waals surface area contributed by atoms with Crippen molar-refractivity contribution in [3.8, 4) is 0 Å². The van der Waals surface area contributed by atoms with Crippen molar-refractivity contribution >= 4 is 34.1 Å². The molecule has 0 atom stereocenters. The average Bonchev–Trinajstić information content (AvgIpc) is 2.89. The summed E-state index contributed by atoms with van der Waals surface area (Å²) in [6.07, 6.45) is 0. The molecule has 0 unspecified atom stereocenters. The Bertz CT molecular complexity index is 900. The first-order chi connectivity index (χ1) is 11.0. The van der Waals surface area contributed by atoms with Crippen LogP contribution in [-0.4, -0.2) is 57.7 Å². The normalized spacial score (nSPS) is 16.6. The van der Waals surface area contributed by atoms with Gasteiger partial charge in [-0.1, -0.05) is 11.6 Å². The minimum absolute atomic E-state index is 0.281. The van der Waals surface area contributed by atoms with E-state index in [2.05, 4.69) is 31.9 Å². The molecule has 23 heavy (non-hydrogen) atoms. The maximum absolute atomic E-state index is 14.4. The molecule has 3 heterocycles. The Balaban J connectivity index is 1.99. The topological polar surface area (TPSA) is 49.6 Å². The van der Waals surface area contributed by atoms with Gasteiger partial charge in [0.25, 0.3) is 0 Å². The quantitative estimate of drug-likeness (QED) is 0.682. The van der Waals surface area contributed by atoms with E-state index in [0.29, 0.717) is 27.8 Å². The van der Waals surface area contributed by atoms with Crippen molar-refractivity contribution in [3.63, 3.8) is 0 Å². The first-order valence-electron chi connectivity index (χ1n) is 7.48. The summed E-state index contributed by atoms with van der Waals surface area (Å²) in [5.41, 5.74) is 0.867. The Labute approximate surface area is 137 Å². The van der Waals surface area contributed by atoms with Gasteiger partial charge < -0.3 is 9.80 Å². The molecule has 120 valence electrons. The molecule has 8 heteroatoms. The van der Waals surface area contributed by atoms with E-state index in [1.165, 1.54) is 6.07 Å². The van der Waals surface area contributed by atoms with E-state index >= 15 is 0 Å². The van der Waals surface area contributed by atoms with Gasteiger partial charge >= 0.3 is 0 Å². The highest BCUT2D eigenvalue weighted by Crippen LogP contribution is 2.28. The Morgan fingerprint density at radius 1 is 1.13 bits per heavy atom. The molecular formula is C15H16ClFN6. The number of hydrogen-bond acceptors (Lipinski definition) is 5. The number of hydrogen-bond donors (Lipinski definition) is 0. The summed E-state index contributed by atoms with van der Waals surface area (Å²) in [4.78, 5) is 13.4. The maximum atomic E-state index is 14.4. The van der Waals surface area contributed by atoms with Gasteiger partial charge in [0.1, 0.15) is 11.3 Å². The first-order valence-corrected chi connectivity index (χ1v) is 7.86. The molecule has 0 amide bonds. The standard InChI is InChI=1S/C15H16ClFN6/c1-9-18-14-11-7-10(16)8-12(17)13(11)19-15(23(14)20-9)22-5-3-21(2)4-6-22/h7-8H,3-6H2,1-2H3. The van der Waals surface area contributed by atoms with Crippen LogP contribution < -0.4 is 4.90 Å². The van der Waals surface area contributed by atoms with Crippen molar-refractivity contribution in [3.05, 3.63) is 28.8 Å². The fourth-order valence-corrected chi connectivity index (χ4v) is 3.14. The third-order valence-electron chi connectivity index (χ3n) is 4.17. The summed E-state index contributed by atoms with van der Waals surface area (Å²) in [6, 6.07) is 2.97. The van der Waals surface area contributed by atoms with E-state index in [0.717, 1.165) is 26.2 Å². The molecule has 1 aromatic carbocycles. The molecule has 3 aromatic rings. The summed E-state index contributed by atoms with van der Waals surface area (Å²) in [5, 5.41) is 5.34. The third-order valence-corrected chi connectivity index (χ3v) is 4.39. The molecule has 0 spiro atoms. The zero-order valence-corrected chi connectivity index (χ0v) is 13.7. The molecule has 1 saturated heterocycles. The summed E-state index contributed by atoms with van der Waals surface area (Å²) in [5.74, 6) is 0.809. The molecule has 0 saturated carbocycles. The molecule has 6 nitrogen and oxygen atoms in total. The van der Waals surface area contributed by atoms with Crippen LogP contribution in [0.15, 0.2) is 12.1 Å². The maximum Gasteiger partial charge on any atom is 0.229 e. The lowest BCUT2D eigenvalue weighted by Crippen LogP contribution is -2.45. The number of likely N-dealkylation sites (N-methyl/N-ethyl adjacent to an activating group) is 1. The molecular weight excluding hydrogens is 319 g/mol. The lowest BCUT2D eigenvalue weighted by atomic mass is 10.2. The summed E-state index contributed by atoms with van der Waals surface area (Å²) in [6.45, 7) is 5.31. The number of benzene rings is 1. The number of halogens is 2. The van der Waals surface area contributed by atoms with Gasteiger partial charge in [0.15, 0.2) is 11.5 Å². The second-order valence-electron chi connectivity index (χ2n) is 5.88. The number of aromatic nitrogens is 4. The lowest BCUT2D eigenvalue weighted by molar-refractivity contribution is 0.310. The SMILES string of the molecule is Cc1nc2c3cc(Cl)cc(F)c3nc(N3CCN(C)CC3)n2n1. The van der Waals surface area contributed by atoms with Crippen LogP contribution in [0, 0.1) is 12.7 Å². The van der Waals surface area contributed by atoms with E-state index in [1.807, 2.05) is 6.92 Å². The van der Waals surface area contributed by atoms with Gasteiger partial charge in [-0.25, -0.2) is 14.4 Å². The predicted octanol–water partition coefficient (Wildman–Crippen LogP) is 2.13. The van der Waals surface area contributed by atoms with Crippen LogP contribution in [0.5, 0.6) is 0 Å². The molecule has 1 fully saturated rings. The number of aryl methyl sites for hydroxylation is 1. The van der Waals surface area contributed by atoms with Crippen LogP contribution in [0.25, 0.3) is 16.6 Å². The number of nitrogens with zero attached hydrogens (tertiary/aromatic N) is 6. The summed E-state index contributed by atoms with van der Waals surface area (Å²) in [7, 11) is 2.09. The van der Waals surface area contributed by atoms with E-state index in [9.17, 15) is 4.39 Å². The van der Waals surface area contributed by atoms with Crippen molar-refractivity contribution in [1.29, 1.82) is 0 Å². The Morgan fingerprint density at radius 2 is 1.87 bits per heavy atom. The van der Waals surface area contributed by atoms with Gasteiger partial charge in [-0.15, -0.1) is 5.10 Å². The van der Waals surface area contributed by atoms with Crippen molar-refractivity contribution in [2.45, 2.75) is 6.92 Å². The molecule has 0 bridgehead atoms. The van der Waals surface area contributed by atoms with E-state index < -0.39 is 5.82 Å². The molecule has 1 aliphatic heterocycles. The molecule has 1 aliphatic rings. The third kappa shape index (κ3) is 2.40. The van der Waals surface area contributed by atoms with Crippen LogP contribution in [0.2, 0.25) is 5.02 Å². The lowest BCUT2D eigenvalue weighted by Gasteiger charge is -2.33. The van der Waals surface area contributed by atoms with E-state index in [-0.39, 0.29) is 5.52 Å². The fraction of sp³-hybridized carbons (Fsp3) is 0.400. The summed E-state index contributed by atoms with van der Waals surface area (Å²) < 4.78 is 16.1. The van der Waals surface area contributed by atoms with Crippen molar-refractivity contribution in [2.75, 3.05) is 38.1 Å². The number of fused-ring (bicyclic) bond motifs is 3. The largest absolute Gasteiger partial charge is 0.338 e. The van der Waals surface area contributed by atoms with Crippen molar-refractivity contribution in [1.82, 2.24) is 24.5 Å². The summed E-state index contributed by atoms with van der Waals surface area (Å²) >= 11 is 5.99. The van der Waals surface area contributed by atoms with E-state index in [4.69, 9.17) is 11.6 Å². The Kier molecular flexibility index (Phi) is 3.35. The van der Waals surface area contributed by atoms with Crippen molar-refractivity contribution < 1.29 is 4.39 Å². The van der Waals surface area contributed by atoms with Crippen LogP contribution >= 0.6 is 11.6 Å². The molecule has 2 aromatic heterocycles. The monoisotopic (exact) mass is 334 g/mol. The number of rotatable bonds is 1. The molecule has 0 N–H and O–H groups in total. The minimum atomic E-state index is -0.439. The average molecular weight is 335 g/mol. The van der Waals surface area contributed by atoms with Gasteiger partial charge in [-0.05, 0) is 26.1 Å². The highest BCUT2D eigenvalue weighted by Gasteiger charge is 2.22. The Morgan fingerprint density at radius 3 is 2.61 bits per heavy atom. The second-order valence-corrected chi connectivity index (χ2v) is 6.32. The van der Waals surface area contributed by atoms with Crippen LogP contribution in [-0.2, 0) is 0 Å². The second kappa shape index (κ2) is 5.28. The zero-order valence-electron chi connectivity index (χ0n) is 12.9. The smallest absolute Gasteiger partial charge is 0.229 e. The highest BCUT2D eigenvalue weighted by atomic mass is 35.5. The highest BCUT2D eigenvalue weighted by molar-refractivity contribution is 6.31. The predicted molar refractivity (Wildman–Crippen MR) is 87.7 cm³/mol. The van der Waals surface area contributed by atoms with Gasteiger partial charge in [0.2, 0.25) is 5.95 Å². The fourth-order valence-electron chi connectivity index (χ4n) is 2.94. The van der Waals surface area contributed by atoms with Crippen LogP contribution in [0.1, 0.15) is 5.82 Å². The molecule has 0 radical (unpaired) electrons. The van der Waals surface area contributed by atoms with Crippen LogP contribution in [0.3, 0.4) is 0 Å². The minimum Gasteiger partial charge on any atom is -0.338 e. The van der Waals surface area contributed by atoms with Gasteiger partial charge in [0.05, 0.1) is 0 Å². The number of anilines is 1. The molecule has 0 aliphatic carbocycles. The Hall–Kier alpha value is -1.99. The molecule has 4 rings (SSSR count). The van der Waals surface area contributed by atoms with Crippen molar-refractivity contribution in [2.24, 2.45) is 0 Å². The first kappa shape index (κ1) is 14.6. The van der Waals surface area contributed by atoms with E-state index in [1.54, 1.807) is 10.6 Å². The van der Waals surface area contributed by atoms with Gasteiger partial charge in [-0.3, -0.25) is 0 Å². The number of piperazine rings is 1.